The minimum Gasteiger partial charge on any atom is -0.370 e. The molecule has 4 rings (SSSR count). The molecule has 0 bridgehead atoms. The molecule has 0 unspecified atom stereocenters. The van der Waals surface area contributed by atoms with Gasteiger partial charge in [-0.2, -0.15) is 5.10 Å². The van der Waals surface area contributed by atoms with E-state index in [1.165, 1.54) is 25.2 Å². The number of aromatic amines is 1. The van der Waals surface area contributed by atoms with E-state index in [-0.39, 0.29) is 11.9 Å². The van der Waals surface area contributed by atoms with Crippen LogP contribution in [0.4, 0.5) is 11.6 Å². The van der Waals surface area contributed by atoms with Gasteiger partial charge in [0.25, 0.3) is 5.91 Å². The van der Waals surface area contributed by atoms with E-state index in [0.29, 0.717) is 11.4 Å². The first kappa shape index (κ1) is 20.3. The molecule has 1 amide bonds. The number of H-pyrrole nitrogens is 1. The number of nitrogens with one attached hydrogen (secondary N) is 2. The number of nitrogens with two attached hydrogens (primary N) is 1. The van der Waals surface area contributed by atoms with Gasteiger partial charge in [-0.15, -0.1) is 0 Å². The largest absolute Gasteiger partial charge is 0.370 e. The molecule has 0 aliphatic carbocycles. The summed E-state index contributed by atoms with van der Waals surface area (Å²) in [5.74, 6) is -0.212. The van der Waals surface area contributed by atoms with Crippen molar-refractivity contribution in [3.63, 3.8) is 0 Å². The van der Waals surface area contributed by atoms with Crippen LogP contribution in [0, 0.1) is 0 Å². The summed E-state index contributed by atoms with van der Waals surface area (Å²) in [5.41, 5.74) is 10.1. The van der Waals surface area contributed by atoms with Gasteiger partial charge in [0.1, 0.15) is 0 Å². The normalized spacial score (nSPS) is 14.8. The molecule has 1 aliphatic rings. The number of hydrogen-bond donors (Lipinski definition) is 3. The SMILES string of the molecule is C=N/C=C(\C=C(/C)c1ccc2[nH]nc(C(=O)Nc3cnc(N)nc3)c2c1)N1CCCC1. The summed E-state index contributed by atoms with van der Waals surface area (Å²) in [6, 6.07) is 5.88. The molecule has 3 heterocycles. The Morgan fingerprint density at radius 1 is 1.29 bits per heavy atom. The summed E-state index contributed by atoms with van der Waals surface area (Å²) in [7, 11) is 0. The van der Waals surface area contributed by atoms with Crippen LogP contribution in [0.25, 0.3) is 16.5 Å². The highest BCUT2D eigenvalue weighted by Crippen LogP contribution is 2.25. The summed E-state index contributed by atoms with van der Waals surface area (Å²) in [6.07, 6.45) is 9.16. The minimum absolute atomic E-state index is 0.143. The minimum atomic E-state index is -0.355. The van der Waals surface area contributed by atoms with Crippen molar-refractivity contribution in [2.45, 2.75) is 19.8 Å². The van der Waals surface area contributed by atoms with E-state index in [9.17, 15) is 4.79 Å². The van der Waals surface area contributed by atoms with Crippen LogP contribution in [0.3, 0.4) is 0 Å². The molecule has 31 heavy (non-hydrogen) atoms. The van der Waals surface area contributed by atoms with Gasteiger partial charge in [-0.25, -0.2) is 9.97 Å². The van der Waals surface area contributed by atoms with Crippen LogP contribution in [0.1, 0.15) is 35.8 Å². The van der Waals surface area contributed by atoms with Crippen molar-refractivity contribution in [3.8, 4) is 0 Å². The zero-order valence-electron chi connectivity index (χ0n) is 17.3. The summed E-state index contributed by atoms with van der Waals surface area (Å²) in [5, 5.41) is 10.6. The van der Waals surface area contributed by atoms with Gasteiger partial charge in [0.2, 0.25) is 5.95 Å². The Kier molecular flexibility index (Phi) is 5.74. The Hall–Kier alpha value is -4.01. The molecule has 4 N–H and O–H groups in total. The molecule has 0 radical (unpaired) electrons. The summed E-state index contributed by atoms with van der Waals surface area (Å²) in [6.45, 7) is 7.68. The molecule has 3 aromatic rings. The fraction of sp³-hybridized carbons (Fsp3) is 0.227. The zero-order valence-corrected chi connectivity index (χ0v) is 17.3. The van der Waals surface area contributed by atoms with Crippen molar-refractivity contribution in [3.05, 3.63) is 59.8 Å². The van der Waals surface area contributed by atoms with Crippen molar-refractivity contribution in [2.24, 2.45) is 4.99 Å². The number of anilines is 2. The quantitative estimate of drug-likeness (QED) is 0.418. The van der Waals surface area contributed by atoms with Crippen LogP contribution < -0.4 is 11.1 Å². The standard InChI is InChI=1S/C22H24N8O/c1-14(9-17(13-24-2)30-7-3-4-8-30)15-5-6-19-18(10-15)20(29-28-19)21(31)27-16-11-25-22(23)26-12-16/h5-6,9-13H,2-4,7-8H2,1H3,(H,27,31)(H,28,29)(H2,23,25,26)/b14-9+,17-13+. The molecule has 158 valence electrons. The van der Waals surface area contributed by atoms with E-state index in [0.717, 1.165) is 40.8 Å². The topological polar surface area (TPSA) is 125 Å². The third-order valence-corrected chi connectivity index (χ3v) is 5.22. The van der Waals surface area contributed by atoms with Crippen LogP contribution >= 0.6 is 0 Å². The highest BCUT2D eigenvalue weighted by atomic mass is 16.1. The fourth-order valence-corrected chi connectivity index (χ4v) is 3.61. The molecule has 0 saturated carbocycles. The monoisotopic (exact) mass is 416 g/mol. The van der Waals surface area contributed by atoms with E-state index >= 15 is 0 Å². The molecule has 9 nitrogen and oxygen atoms in total. The Morgan fingerprint density at radius 3 is 2.74 bits per heavy atom. The number of rotatable bonds is 6. The van der Waals surface area contributed by atoms with Crippen LogP contribution in [-0.4, -0.2) is 50.8 Å². The predicted molar refractivity (Wildman–Crippen MR) is 123 cm³/mol. The van der Waals surface area contributed by atoms with Crippen molar-refractivity contribution in [2.75, 3.05) is 24.1 Å². The molecular formula is C22H24N8O. The Bertz CT molecular complexity index is 1170. The predicted octanol–water partition coefficient (Wildman–Crippen LogP) is 3.23. The van der Waals surface area contributed by atoms with Crippen molar-refractivity contribution < 1.29 is 4.79 Å². The van der Waals surface area contributed by atoms with Gasteiger partial charge in [0, 0.05) is 24.7 Å². The lowest BCUT2D eigenvalue weighted by Gasteiger charge is -2.19. The van der Waals surface area contributed by atoms with Gasteiger partial charge in [-0.05, 0) is 55.8 Å². The Labute approximate surface area is 179 Å². The first-order valence-electron chi connectivity index (χ1n) is 10.0. The molecule has 1 aliphatic heterocycles. The van der Waals surface area contributed by atoms with E-state index < -0.39 is 0 Å². The highest BCUT2D eigenvalue weighted by molar-refractivity contribution is 6.11. The average Bonchev–Trinajstić information content (AvgIpc) is 3.44. The lowest BCUT2D eigenvalue weighted by molar-refractivity contribution is 0.102. The second kappa shape index (κ2) is 8.78. The molecule has 1 fully saturated rings. The number of carbonyl (C=O) groups is 1. The van der Waals surface area contributed by atoms with Gasteiger partial charge in [0.05, 0.1) is 29.3 Å². The molecule has 0 atom stereocenters. The van der Waals surface area contributed by atoms with Gasteiger partial charge >= 0.3 is 0 Å². The number of nitrogen functional groups attached to an aromatic ring is 1. The van der Waals surface area contributed by atoms with Crippen molar-refractivity contribution in [1.29, 1.82) is 0 Å². The number of likely N-dealkylation sites (tertiary alicyclic amines) is 1. The number of carbonyl (C=O) groups excluding carboxylic acids is 1. The first-order chi connectivity index (χ1) is 15.0. The maximum atomic E-state index is 12.8. The van der Waals surface area contributed by atoms with Crippen LogP contribution in [-0.2, 0) is 0 Å². The number of amides is 1. The number of aliphatic imine (C=N–C) groups is 1. The van der Waals surface area contributed by atoms with Crippen molar-refractivity contribution >= 4 is 40.7 Å². The summed E-state index contributed by atoms with van der Waals surface area (Å²) < 4.78 is 0. The second-order valence-electron chi connectivity index (χ2n) is 7.37. The Morgan fingerprint density at radius 2 is 2.03 bits per heavy atom. The van der Waals surface area contributed by atoms with Gasteiger partial charge in [0.15, 0.2) is 5.69 Å². The fourth-order valence-electron chi connectivity index (χ4n) is 3.61. The maximum absolute atomic E-state index is 12.8. The summed E-state index contributed by atoms with van der Waals surface area (Å²) in [4.78, 5) is 26.8. The number of aromatic nitrogens is 4. The van der Waals surface area contributed by atoms with Gasteiger partial charge < -0.3 is 16.0 Å². The zero-order chi connectivity index (χ0) is 21.8. The second-order valence-corrected chi connectivity index (χ2v) is 7.37. The summed E-state index contributed by atoms with van der Waals surface area (Å²) >= 11 is 0. The molecule has 1 saturated heterocycles. The molecule has 1 aromatic carbocycles. The number of fused-ring (bicyclic) bond motifs is 1. The number of hydrogen-bond acceptors (Lipinski definition) is 7. The lowest BCUT2D eigenvalue weighted by atomic mass is 10.0. The Balaban J connectivity index is 1.62. The van der Waals surface area contributed by atoms with E-state index in [4.69, 9.17) is 5.73 Å². The van der Waals surface area contributed by atoms with Gasteiger partial charge in [-0.3, -0.25) is 14.9 Å². The molecule has 2 aromatic heterocycles. The van der Waals surface area contributed by atoms with E-state index in [2.05, 4.69) is 48.2 Å². The molecule has 9 heteroatoms. The average molecular weight is 416 g/mol. The maximum Gasteiger partial charge on any atom is 0.276 e. The highest BCUT2D eigenvalue weighted by Gasteiger charge is 2.17. The first-order valence-corrected chi connectivity index (χ1v) is 10.0. The number of allylic oxidation sites excluding steroid dienone is 2. The third-order valence-electron chi connectivity index (χ3n) is 5.22. The smallest absolute Gasteiger partial charge is 0.276 e. The lowest BCUT2D eigenvalue weighted by Crippen LogP contribution is -2.17. The molecule has 0 spiro atoms. The van der Waals surface area contributed by atoms with E-state index in [1.807, 2.05) is 25.1 Å². The van der Waals surface area contributed by atoms with Crippen LogP contribution in [0.5, 0.6) is 0 Å². The molecular weight excluding hydrogens is 392 g/mol. The number of nitrogens with zero attached hydrogens (tertiary/aromatic N) is 5. The van der Waals surface area contributed by atoms with Crippen LogP contribution in [0.2, 0.25) is 0 Å². The van der Waals surface area contributed by atoms with Gasteiger partial charge in [-0.1, -0.05) is 6.07 Å². The van der Waals surface area contributed by atoms with Crippen LogP contribution in [0.15, 0.2) is 53.6 Å². The third kappa shape index (κ3) is 4.45. The van der Waals surface area contributed by atoms with E-state index in [1.54, 1.807) is 6.20 Å². The van der Waals surface area contributed by atoms with Crippen molar-refractivity contribution in [1.82, 2.24) is 25.1 Å². The number of benzene rings is 1.